The predicted octanol–water partition coefficient (Wildman–Crippen LogP) is 2.42. The molecular formula is C22H21N3O5. The van der Waals surface area contributed by atoms with Gasteiger partial charge in [-0.25, -0.2) is 4.79 Å². The molecule has 30 heavy (non-hydrogen) atoms. The zero-order valence-corrected chi connectivity index (χ0v) is 17.0. The lowest BCUT2D eigenvalue weighted by atomic mass is 10.1. The summed E-state index contributed by atoms with van der Waals surface area (Å²) in [6, 6.07) is 12.0. The van der Waals surface area contributed by atoms with E-state index in [-0.39, 0.29) is 5.75 Å². The second kappa shape index (κ2) is 7.14. The van der Waals surface area contributed by atoms with E-state index in [0.717, 1.165) is 10.3 Å². The summed E-state index contributed by atoms with van der Waals surface area (Å²) in [6.07, 6.45) is 1.75. The highest BCUT2D eigenvalue weighted by molar-refractivity contribution is 5.95. The van der Waals surface area contributed by atoms with E-state index in [1.165, 1.54) is 11.6 Å². The van der Waals surface area contributed by atoms with Crippen LogP contribution in [0.3, 0.4) is 0 Å². The van der Waals surface area contributed by atoms with Crippen LogP contribution in [0, 0.1) is 0 Å². The first-order chi connectivity index (χ1) is 14.4. The van der Waals surface area contributed by atoms with Crippen molar-refractivity contribution in [1.82, 2.24) is 13.7 Å². The first-order valence-corrected chi connectivity index (χ1v) is 9.20. The van der Waals surface area contributed by atoms with E-state index < -0.39 is 11.2 Å². The minimum Gasteiger partial charge on any atom is -0.508 e. The van der Waals surface area contributed by atoms with Gasteiger partial charge in [0, 0.05) is 31.5 Å². The number of nitrogens with zero attached hydrogens (tertiary/aromatic N) is 3. The molecule has 0 bridgehead atoms. The Hall–Kier alpha value is -3.94. The number of hydrogen-bond donors (Lipinski definition) is 1. The average Bonchev–Trinajstić information content (AvgIpc) is 3.17. The maximum absolute atomic E-state index is 13.1. The van der Waals surface area contributed by atoms with Crippen LogP contribution in [-0.4, -0.2) is 33.0 Å². The fourth-order valence-corrected chi connectivity index (χ4v) is 3.62. The molecule has 2 heterocycles. The standard InChI is InChI=1S/C22H21N3O5/c1-23-16-12-25(14-6-8-15(26)9-7-14)20(19(16)21(27)24(2)22(23)28)13-5-10-17(29-3)18(11-13)30-4/h5-12,26H,1-4H3. The molecule has 2 aromatic heterocycles. The minimum absolute atomic E-state index is 0.131. The number of aromatic nitrogens is 3. The van der Waals surface area contributed by atoms with Crippen molar-refractivity contribution in [3.8, 4) is 34.2 Å². The highest BCUT2D eigenvalue weighted by atomic mass is 16.5. The van der Waals surface area contributed by atoms with Gasteiger partial charge >= 0.3 is 5.69 Å². The SMILES string of the molecule is COc1ccc(-c2c3c(=O)n(C)c(=O)n(C)c3cn2-c2ccc(O)cc2)cc1OC. The highest BCUT2D eigenvalue weighted by Gasteiger charge is 2.21. The van der Waals surface area contributed by atoms with E-state index in [0.29, 0.717) is 33.7 Å². The van der Waals surface area contributed by atoms with Crippen LogP contribution in [0.25, 0.3) is 27.8 Å². The van der Waals surface area contributed by atoms with Crippen molar-refractivity contribution in [3.05, 3.63) is 69.5 Å². The summed E-state index contributed by atoms with van der Waals surface area (Å²) in [6.45, 7) is 0. The first-order valence-electron chi connectivity index (χ1n) is 9.20. The van der Waals surface area contributed by atoms with Crippen LogP contribution in [-0.2, 0) is 14.1 Å². The number of rotatable bonds is 4. The Balaban J connectivity index is 2.16. The maximum atomic E-state index is 13.1. The molecule has 4 rings (SSSR count). The van der Waals surface area contributed by atoms with E-state index in [4.69, 9.17) is 9.47 Å². The fraction of sp³-hybridized carbons (Fsp3) is 0.182. The number of hydrogen-bond acceptors (Lipinski definition) is 5. The zero-order valence-electron chi connectivity index (χ0n) is 17.0. The smallest absolute Gasteiger partial charge is 0.330 e. The van der Waals surface area contributed by atoms with Crippen LogP contribution in [0.5, 0.6) is 17.2 Å². The molecule has 0 aliphatic heterocycles. The van der Waals surface area contributed by atoms with Gasteiger partial charge in [-0.15, -0.1) is 0 Å². The fourth-order valence-electron chi connectivity index (χ4n) is 3.62. The molecule has 8 heteroatoms. The van der Waals surface area contributed by atoms with Gasteiger partial charge in [-0.3, -0.25) is 13.9 Å². The van der Waals surface area contributed by atoms with Gasteiger partial charge in [0.1, 0.15) is 5.75 Å². The van der Waals surface area contributed by atoms with Gasteiger partial charge in [0.05, 0.1) is 30.8 Å². The molecule has 0 amide bonds. The van der Waals surface area contributed by atoms with Crippen molar-refractivity contribution in [2.45, 2.75) is 0 Å². The number of phenolic OH excluding ortho intramolecular Hbond substituents is 1. The van der Waals surface area contributed by atoms with E-state index in [1.807, 2.05) is 10.6 Å². The van der Waals surface area contributed by atoms with E-state index in [9.17, 15) is 14.7 Å². The Bertz CT molecular complexity index is 1380. The Morgan fingerprint density at radius 2 is 1.53 bits per heavy atom. The second-order valence-electron chi connectivity index (χ2n) is 6.90. The van der Waals surface area contributed by atoms with Crippen LogP contribution in [0.15, 0.2) is 58.3 Å². The third-order valence-electron chi connectivity index (χ3n) is 5.22. The Labute approximate surface area is 171 Å². The highest BCUT2D eigenvalue weighted by Crippen LogP contribution is 2.36. The molecule has 154 valence electrons. The van der Waals surface area contributed by atoms with Crippen LogP contribution < -0.4 is 20.7 Å². The predicted molar refractivity (Wildman–Crippen MR) is 114 cm³/mol. The summed E-state index contributed by atoms with van der Waals surface area (Å²) in [5.74, 6) is 1.21. The van der Waals surface area contributed by atoms with Crippen LogP contribution in [0.1, 0.15) is 0 Å². The number of fused-ring (bicyclic) bond motifs is 1. The Morgan fingerprint density at radius 1 is 0.867 bits per heavy atom. The van der Waals surface area contributed by atoms with Gasteiger partial charge in [0.2, 0.25) is 0 Å². The summed E-state index contributed by atoms with van der Waals surface area (Å²) in [5, 5.41) is 10.1. The third kappa shape index (κ3) is 2.85. The van der Waals surface area contributed by atoms with Crippen LogP contribution >= 0.6 is 0 Å². The number of aryl methyl sites for hydroxylation is 1. The van der Waals surface area contributed by atoms with E-state index in [1.54, 1.807) is 63.9 Å². The van der Waals surface area contributed by atoms with Crippen molar-refractivity contribution in [2.75, 3.05) is 14.2 Å². The molecule has 0 aliphatic rings. The van der Waals surface area contributed by atoms with E-state index in [2.05, 4.69) is 0 Å². The van der Waals surface area contributed by atoms with Gasteiger partial charge in [0.15, 0.2) is 11.5 Å². The molecule has 0 spiro atoms. The lowest BCUT2D eigenvalue weighted by Crippen LogP contribution is -2.36. The number of aromatic hydroxyl groups is 1. The molecule has 0 radical (unpaired) electrons. The first kappa shape index (κ1) is 19.4. The summed E-state index contributed by atoms with van der Waals surface area (Å²) >= 11 is 0. The van der Waals surface area contributed by atoms with Crippen LogP contribution in [0.2, 0.25) is 0 Å². The van der Waals surface area contributed by atoms with Crippen molar-refractivity contribution in [1.29, 1.82) is 0 Å². The minimum atomic E-state index is -0.408. The third-order valence-corrected chi connectivity index (χ3v) is 5.22. The molecule has 0 unspecified atom stereocenters. The van der Waals surface area contributed by atoms with Crippen molar-refractivity contribution in [2.24, 2.45) is 14.1 Å². The zero-order chi connectivity index (χ0) is 21.6. The lowest BCUT2D eigenvalue weighted by molar-refractivity contribution is 0.355. The monoisotopic (exact) mass is 407 g/mol. The van der Waals surface area contributed by atoms with Gasteiger partial charge in [0.25, 0.3) is 5.56 Å². The maximum Gasteiger partial charge on any atom is 0.330 e. The molecule has 0 fully saturated rings. The number of ether oxygens (including phenoxy) is 2. The summed E-state index contributed by atoms with van der Waals surface area (Å²) < 4.78 is 15.1. The van der Waals surface area contributed by atoms with Crippen LogP contribution in [0.4, 0.5) is 0 Å². The topological polar surface area (TPSA) is 87.6 Å². The number of benzene rings is 2. The van der Waals surface area contributed by atoms with Gasteiger partial charge in [-0.1, -0.05) is 0 Å². The molecule has 0 saturated heterocycles. The van der Waals surface area contributed by atoms with Crippen molar-refractivity contribution in [3.63, 3.8) is 0 Å². The molecule has 8 nitrogen and oxygen atoms in total. The van der Waals surface area contributed by atoms with Gasteiger partial charge in [-0.2, -0.15) is 0 Å². The molecule has 0 atom stereocenters. The summed E-state index contributed by atoms with van der Waals surface area (Å²) in [5.41, 5.74) is 1.74. The quantitative estimate of drug-likeness (QED) is 0.561. The summed E-state index contributed by atoms with van der Waals surface area (Å²) in [4.78, 5) is 25.6. The second-order valence-corrected chi connectivity index (χ2v) is 6.90. The normalized spacial score (nSPS) is 11.1. The molecule has 2 aromatic carbocycles. The number of phenols is 1. The molecular weight excluding hydrogens is 386 g/mol. The lowest BCUT2D eigenvalue weighted by Gasteiger charge is -2.13. The molecule has 0 aliphatic carbocycles. The molecule has 1 N–H and O–H groups in total. The largest absolute Gasteiger partial charge is 0.508 e. The van der Waals surface area contributed by atoms with E-state index >= 15 is 0 Å². The number of methoxy groups -OCH3 is 2. The molecule has 0 saturated carbocycles. The Morgan fingerprint density at radius 3 is 2.17 bits per heavy atom. The Kier molecular flexibility index (Phi) is 4.62. The average molecular weight is 407 g/mol. The van der Waals surface area contributed by atoms with Crippen molar-refractivity contribution >= 4 is 10.9 Å². The van der Waals surface area contributed by atoms with Gasteiger partial charge < -0.3 is 19.1 Å². The summed E-state index contributed by atoms with van der Waals surface area (Å²) in [7, 11) is 6.18. The van der Waals surface area contributed by atoms with Gasteiger partial charge in [-0.05, 0) is 42.5 Å². The molecule has 4 aromatic rings. The van der Waals surface area contributed by atoms with Crippen molar-refractivity contribution < 1.29 is 14.6 Å².